The van der Waals surface area contributed by atoms with Crippen LogP contribution >= 0.6 is 11.8 Å². The Morgan fingerprint density at radius 2 is 1.91 bits per heavy atom. The summed E-state index contributed by atoms with van der Waals surface area (Å²) in [7, 11) is 0. The lowest BCUT2D eigenvalue weighted by atomic mass is 9.98. The van der Waals surface area contributed by atoms with Crippen LogP contribution in [0.3, 0.4) is 0 Å². The first-order chi connectivity index (χ1) is 16.0. The molecule has 10 heteroatoms. The summed E-state index contributed by atoms with van der Waals surface area (Å²) in [6.45, 7) is 2.11. The molecule has 1 aromatic carbocycles. The highest BCUT2D eigenvalue weighted by molar-refractivity contribution is 7.99. The van der Waals surface area contributed by atoms with Crippen molar-refractivity contribution in [2.24, 2.45) is 5.41 Å². The third-order valence-corrected chi connectivity index (χ3v) is 8.40. The van der Waals surface area contributed by atoms with Crippen molar-refractivity contribution < 1.29 is 15.3 Å². The minimum absolute atomic E-state index is 0.259. The van der Waals surface area contributed by atoms with Crippen molar-refractivity contribution in [2.75, 3.05) is 11.1 Å². The second-order valence-electron chi connectivity index (χ2n) is 9.52. The van der Waals surface area contributed by atoms with Gasteiger partial charge in [0.1, 0.15) is 12.2 Å². The Hall–Kier alpha value is -2.27. The number of thioether (sulfide) groups is 1. The Morgan fingerprint density at radius 3 is 2.64 bits per heavy atom. The van der Waals surface area contributed by atoms with Crippen LogP contribution in [0, 0.1) is 5.41 Å². The molecule has 9 nitrogen and oxygen atoms in total. The Kier molecular flexibility index (Phi) is 5.09. The van der Waals surface area contributed by atoms with E-state index in [9.17, 15) is 15.3 Å². The van der Waals surface area contributed by atoms with E-state index >= 15 is 0 Å². The summed E-state index contributed by atoms with van der Waals surface area (Å²) in [6.07, 6.45) is 0.145. The molecule has 0 saturated heterocycles. The highest BCUT2D eigenvalue weighted by Gasteiger charge is 2.67. The van der Waals surface area contributed by atoms with Gasteiger partial charge in [0.25, 0.3) is 0 Å². The number of nitrogens with zero attached hydrogens (tertiary/aromatic N) is 5. The number of hydrogen-bond acceptors (Lipinski definition) is 9. The first-order valence-corrected chi connectivity index (χ1v) is 12.6. The molecule has 0 bridgehead atoms. The zero-order valence-corrected chi connectivity index (χ0v) is 19.2. The summed E-state index contributed by atoms with van der Waals surface area (Å²) in [5.41, 5.74) is 1.80. The van der Waals surface area contributed by atoms with Crippen LogP contribution in [-0.2, 0) is 0 Å². The van der Waals surface area contributed by atoms with Gasteiger partial charge in [0.2, 0.25) is 0 Å². The molecule has 33 heavy (non-hydrogen) atoms. The second kappa shape index (κ2) is 7.90. The minimum atomic E-state index is -1.21. The van der Waals surface area contributed by atoms with Crippen LogP contribution in [0.5, 0.6) is 0 Å². The fraction of sp³-hybridized carbons (Fsp3) is 0.565. The summed E-state index contributed by atoms with van der Waals surface area (Å²) in [5.74, 6) is 1.96. The standard InChI is InChI=1S/C23H28N6O3S/c1-2-10-33-22-25-20(24-14-11-13(14)12-6-4-3-5-7-12)15-21(26-22)29(28-27-15)18-16(30)17(31)19(32)23(18)8-9-23/h3-7,13-14,16-19,30-32H,2,8-11H2,1H3,(H,24,25,26)/t13-,14+,16+,17-,18-,19+/m0/s1. The number of rotatable bonds is 7. The molecule has 3 saturated carbocycles. The average molecular weight is 469 g/mol. The van der Waals surface area contributed by atoms with Gasteiger partial charge < -0.3 is 20.6 Å². The molecule has 0 amide bonds. The van der Waals surface area contributed by atoms with Gasteiger partial charge >= 0.3 is 0 Å². The Bertz CT molecular complexity index is 1170. The summed E-state index contributed by atoms with van der Waals surface area (Å²) >= 11 is 1.57. The van der Waals surface area contributed by atoms with Crippen molar-refractivity contribution in [1.29, 1.82) is 0 Å². The largest absolute Gasteiger partial charge is 0.390 e. The molecule has 2 aromatic heterocycles. The van der Waals surface area contributed by atoms with Crippen LogP contribution in [0.25, 0.3) is 11.2 Å². The van der Waals surface area contributed by atoms with E-state index in [-0.39, 0.29) is 6.04 Å². The van der Waals surface area contributed by atoms with Crippen molar-refractivity contribution in [3.8, 4) is 0 Å². The van der Waals surface area contributed by atoms with E-state index in [4.69, 9.17) is 9.97 Å². The number of benzene rings is 1. The number of fused-ring (bicyclic) bond motifs is 1. The van der Waals surface area contributed by atoms with E-state index in [1.807, 2.05) is 6.07 Å². The lowest BCUT2D eigenvalue weighted by Crippen LogP contribution is -2.31. The zero-order valence-electron chi connectivity index (χ0n) is 18.4. The van der Waals surface area contributed by atoms with Gasteiger partial charge in [-0.1, -0.05) is 54.2 Å². The van der Waals surface area contributed by atoms with E-state index in [1.165, 1.54) is 5.56 Å². The molecular weight excluding hydrogens is 440 g/mol. The summed E-state index contributed by atoms with van der Waals surface area (Å²) < 4.78 is 1.61. The number of aliphatic hydroxyl groups is 3. The molecule has 3 aromatic rings. The number of nitrogens with one attached hydrogen (secondary N) is 1. The minimum Gasteiger partial charge on any atom is -0.390 e. The first-order valence-electron chi connectivity index (χ1n) is 11.6. The molecule has 3 fully saturated rings. The number of aromatic nitrogens is 5. The van der Waals surface area contributed by atoms with E-state index in [0.717, 1.165) is 31.4 Å². The van der Waals surface area contributed by atoms with Crippen LogP contribution in [0.15, 0.2) is 35.5 Å². The maximum absolute atomic E-state index is 10.8. The molecule has 6 rings (SSSR count). The van der Waals surface area contributed by atoms with Gasteiger partial charge in [0, 0.05) is 23.1 Å². The molecule has 0 unspecified atom stereocenters. The van der Waals surface area contributed by atoms with Gasteiger partial charge in [-0.15, -0.1) is 5.10 Å². The highest BCUT2D eigenvalue weighted by atomic mass is 32.2. The fourth-order valence-corrected chi connectivity index (χ4v) is 6.00. The molecule has 4 N–H and O–H groups in total. The van der Waals surface area contributed by atoms with Gasteiger partial charge in [0.05, 0.1) is 12.1 Å². The van der Waals surface area contributed by atoms with Crippen molar-refractivity contribution in [2.45, 2.75) is 74.1 Å². The summed E-state index contributed by atoms with van der Waals surface area (Å²) in [6, 6.07) is 10.1. The maximum atomic E-state index is 10.8. The van der Waals surface area contributed by atoms with Crippen molar-refractivity contribution in [3.63, 3.8) is 0 Å². The highest BCUT2D eigenvalue weighted by Crippen LogP contribution is 2.63. The second-order valence-corrected chi connectivity index (χ2v) is 10.6. The normalized spacial score (nSPS) is 31.9. The zero-order chi connectivity index (χ0) is 22.7. The predicted molar refractivity (Wildman–Crippen MR) is 124 cm³/mol. The quantitative estimate of drug-likeness (QED) is 0.304. The third kappa shape index (κ3) is 3.42. The monoisotopic (exact) mass is 468 g/mol. The van der Waals surface area contributed by atoms with Crippen LogP contribution in [-0.4, -0.2) is 70.4 Å². The summed E-state index contributed by atoms with van der Waals surface area (Å²) in [5, 5.41) is 44.6. The molecule has 0 radical (unpaired) electrons. The van der Waals surface area contributed by atoms with Crippen molar-refractivity contribution >= 4 is 28.7 Å². The SMILES string of the molecule is CCCSc1nc(N[C@@H]2C[C@H]2c2ccccc2)c2nnn([C@H]3[C@H](O)[C@H](O)[C@@H](O)C34CC4)c2n1. The number of anilines is 1. The molecule has 6 atom stereocenters. The lowest BCUT2D eigenvalue weighted by molar-refractivity contribution is -0.0309. The molecule has 1 spiro atoms. The van der Waals surface area contributed by atoms with Crippen molar-refractivity contribution in [3.05, 3.63) is 35.9 Å². The van der Waals surface area contributed by atoms with E-state index in [1.54, 1.807) is 16.4 Å². The molecule has 3 aliphatic carbocycles. The van der Waals surface area contributed by atoms with Gasteiger partial charge in [-0.2, -0.15) is 0 Å². The first kappa shape index (κ1) is 21.3. The topological polar surface area (TPSA) is 129 Å². The van der Waals surface area contributed by atoms with Crippen molar-refractivity contribution in [1.82, 2.24) is 25.0 Å². The smallest absolute Gasteiger partial charge is 0.191 e. The van der Waals surface area contributed by atoms with Crippen LogP contribution in [0.2, 0.25) is 0 Å². The molecule has 0 aliphatic heterocycles. The van der Waals surface area contributed by atoms with E-state index < -0.39 is 29.8 Å². The molecular formula is C23H28N6O3S. The predicted octanol–water partition coefficient (Wildman–Crippen LogP) is 2.11. The van der Waals surface area contributed by atoms with Gasteiger partial charge in [-0.05, 0) is 31.2 Å². The average Bonchev–Trinajstić information content (AvgIpc) is 3.74. The van der Waals surface area contributed by atoms with Gasteiger partial charge in [0.15, 0.2) is 22.1 Å². The Morgan fingerprint density at radius 1 is 1.12 bits per heavy atom. The maximum Gasteiger partial charge on any atom is 0.191 e. The third-order valence-electron chi connectivity index (χ3n) is 7.34. The fourth-order valence-electron chi connectivity index (χ4n) is 5.31. The number of aliphatic hydroxyl groups excluding tert-OH is 3. The van der Waals surface area contributed by atoms with Crippen LogP contribution < -0.4 is 5.32 Å². The Balaban J connectivity index is 1.37. The van der Waals surface area contributed by atoms with Gasteiger partial charge in [-0.3, -0.25) is 0 Å². The van der Waals surface area contributed by atoms with E-state index in [2.05, 4.69) is 46.8 Å². The molecule has 174 valence electrons. The molecule has 2 heterocycles. The molecule has 3 aliphatic rings. The van der Waals surface area contributed by atoms with Crippen LogP contribution in [0.1, 0.15) is 50.1 Å². The lowest BCUT2D eigenvalue weighted by Gasteiger charge is -2.22. The van der Waals surface area contributed by atoms with Crippen LogP contribution in [0.4, 0.5) is 5.82 Å². The van der Waals surface area contributed by atoms with Gasteiger partial charge in [-0.25, -0.2) is 14.6 Å². The summed E-state index contributed by atoms with van der Waals surface area (Å²) in [4.78, 5) is 9.49. The van der Waals surface area contributed by atoms with E-state index in [0.29, 0.717) is 28.1 Å². The Labute approximate surface area is 195 Å². The number of hydrogen-bond donors (Lipinski definition) is 4.